The second kappa shape index (κ2) is 4.62. The van der Waals surface area contributed by atoms with Gasteiger partial charge in [0.2, 0.25) is 0 Å². The second-order valence-electron chi connectivity index (χ2n) is 1.46. The fourth-order valence-electron chi connectivity index (χ4n) is 0.267. The van der Waals surface area contributed by atoms with Crippen molar-refractivity contribution in [1.29, 1.82) is 0 Å². The summed E-state index contributed by atoms with van der Waals surface area (Å²) in [5, 5.41) is 8.19. The number of hydrogen-bond acceptors (Lipinski definition) is 5. The second-order valence-corrected chi connectivity index (χ2v) is 3.12. The summed E-state index contributed by atoms with van der Waals surface area (Å²) in [7, 11) is -3.67. The van der Waals surface area contributed by atoms with E-state index in [1.54, 1.807) is 6.92 Å². The predicted octanol–water partition coefficient (Wildman–Crippen LogP) is -0.723. The molecule has 0 radical (unpaired) electrons. The first kappa shape index (κ1) is 9.83. The minimum atomic E-state index is -3.67. The van der Waals surface area contributed by atoms with Crippen molar-refractivity contribution < 1.29 is 22.7 Å². The topological polar surface area (TPSA) is 72.8 Å². The van der Waals surface area contributed by atoms with Crippen molar-refractivity contribution >= 4 is 10.1 Å². The molecule has 0 saturated carbocycles. The van der Waals surface area contributed by atoms with Gasteiger partial charge in [-0.3, -0.25) is 0 Å². The first-order valence-electron chi connectivity index (χ1n) is 2.77. The fourth-order valence-corrected chi connectivity index (χ4v) is 0.802. The Hall–Kier alpha value is -0.170. The van der Waals surface area contributed by atoms with Crippen LogP contribution in [-0.4, -0.2) is 32.5 Å². The molecule has 0 atom stereocenters. The van der Waals surface area contributed by atoms with Crippen LogP contribution in [0.5, 0.6) is 0 Å². The molecule has 0 saturated heterocycles. The monoisotopic (exact) mass is 170 g/mol. The highest BCUT2D eigenvalue weighted by Crippen LogP contribution is 1.92. The third-order valence-electron chi connectivity index (χ3n) is 0.611. The zero-order valence-electron chi connectivity index (χ0n) is 5.61. The molecule has 6 heteroatoms. The van der Waals surface area contributed by atoms with Gasteiger partial charge in [-0.05, 0) is 6.92 Å². The van der Waals surface area contributed by atoms with Crippen molar-refractivity contribution in [3.63, 3.8) is 0 Å². The number of hydrogen-bond donors (Lipinski definition) is 1. The van der Waals surface area contributed by atoms with Crippen molar-refractivity contribution in [2.75, 3.05) is 19.0 Å². The van der Waals surface area contributed by atoms with Crippen molar-refractivity contribution in [3.8, 4) is 0 Å². The van der Waals surface area contributed by atoms with Gasteiger partial charge in [0.25, 0.3) is 10.1 Å². The maximum atomic E-state index is 10.5. The Morgan fingerprint density at radius 2 is 2.10 bits per heavy atom. The van der Waals surface area contributed by atoms with Crippen LogP contribution in [0.3, 0.4) is 0 Å². The van der Waals surface area contributed by atoms with Crippen molar-refractivity contribution in [1.82, 2.24) is 0 Å². The van der Waals surface area contributed by atoms with E-state index in [1.165, 1.54) is 0 Å². The van der Waals surface area contributed by atoms with Gasteiger partial charge in [-0.2, -0.15) is 8.42 Å². The van der Waals surface area contributed by atoms with Crippen LogP contribution in [0.2, 0.25) is 0 Å². The van der Waals surface area contributed by atoms with Gasteiger partial charge >= 0.3 is 0 Å². The van der Waals surface area contributed by atoms with Gasteiger partial charge in [0.05, 0.1) is 13.2 Å². The standard InChI is InChI=1S/C4H10O5S/c1-2-8-9-10(6,7)4-3-5/h5H,2-4H2,1H3. The summed E-state index contributed by atoms with van der Waals surface area (Å²) < 4.78 is 24.9. The Labute approximate surface area is 59.6 Å². The molecule has 0 fully saturated rings. The normalized spacial score (nSPS) is 11.8. The Morgan fingerprint density at radius 3 is 2.50 bits per heavy atom. The lowest BCUT2D eigenvalue weighted by Gasteiger charge is -1.99. The van der Waals surface area contributed by atoms with Crippen LogP contribution >= 0.6 is 0 Å². The van der Waals surface area contributed by atoms with Crippen LogP contribution in [0, 0.1) is 0 Å². The Bertz CT molecular complexity index is 160. The van der Waals surface area contributed by atoms with Gasteiger partial charge in [-0.1, -0.05) is 0 Å². The van der Waals surface area contributed by atoms with Gasteiger partial charge in [0.1, 0.15) is 5.75 Å². The summed E-state index contributed by atoms with van der Waals surface area (Å²) >= 11 is 0. The molecule has 0 unspecified atom stereocenters. The summed E-state index contributed by atoms with van der Waals surface area (Å²) in [5.41, 5.74) is 0. The predicted molar refractivity (Wildman–Crippen MR) is 33.6 cm³/mol. The fraction of sp³-hybridized carbons (Fsp3) is 1.00. The minimum Gasteiger partial charge on any atom is -0.395 e. The summed E-state index contributed by atoms with van der Waals surface area (Å²) in [6.45, 7) is 1.29. The van der Waals surface area contributed by atoms with E-state index in [0.29, 0.717) is 0 Å². The molecular formula is C4H10O5S. The molecular weight excluding hydrogens is 160 g/mol. The number of aliphatic hydroxyl groups is 1. The zero-order chi connectivity index (χ0) is 8.04. The largest absolute Gasteiger partial charge is 0.395 e. The van der Waals surface area contributed by atoms with E-state index in [9.17, 15) is 8.42 Å². The molecule has 0 aromatic rings. The molecule has 0 aliphatic carbocycles. The number of aliphatic hydroxyl groups excluding tert-OH is 1. The lowest BCUT2D eigenvalue weighted by atomic mass is 10.9. The molecule has 0 rings (SSSR count). The molecule has 5 nitrogen and oxygen atoms in total. The van der Waals surface area contributed by atoms with E-state index >= 15 is 0 Å². The molecule has 10 heavy (non-hydrogen) atoms. The molecule has 0 aromatic carbocycles. The summed E-state index contributed by atoms with van der Waals surface area (Å²) in [6.07, 6.45) is 0. The average molecular weight is 170 g/mol. The summed E-state index contributed by atoms with van der Waals surface area (Å²) in [6, 6.07) is 0. The van der Waals surface area contributed by atoms with Crippen LogP contribution in [-0.2, 0) is 19.3 Å². The van der Waals surface area contributed by atoms with Crippen LogP contribution in [0.15, 0.2) is 0 Å². The molecule has 0 bridgehead atoms. The maximum Gasteiger partial charge on any atom is 0.295 e. The first-order chi connectivity index (χ1) is 4.62. The Kier molecular flexibility index (Phi) is 4.54. The average Bonchev–Trinajstić information content (AvgIpc) is 1.84. The lowest BCUT2D eigenvalue weighted by Crippen LogP contribution is -2.13. The van der Waals surface area contributed by atoms with Gasteiger partial charge in [0, 0.05) is 0 Å². The maximum absolute atomic E-state index is 10.5. The van der Waals surface area contributed by atoms with E-state index in [1.807, 2.05) is 0 Å². The highest BCUT2D eigenvalue weighted by atomic mass is 32.2. The van der Waals surface area contributed by atoms with Gasteiger partial charge in [-0.25, -0.2) is 4.89 Å². The summed E-state index contributed by atoms with van der Waals surface area (Å²) in [4.78, 5) is 4.15. The third kappa shape index (κ3) is 4.68. The van der Waals surface area contributed by atoms with Crippen molar-refractivity contribution in [2.24, 2.45) is 0 Å². The Morgan fingerprint density at radius 1 is 1.50 bits per heavy atom. The van der Waals surface area contributed by atoms with E-state index in [-0.39, 0.29) is 6.61 Å². The van der Waals surface area contributed by atoms with Crippen molar-refractivity contribution in [2.45, 2.75) is 6.92 Å². The first-order valence-corrected chi connectivity index (χ1v) is 4.34. The molecule has 0 spiro atoms. The highest BCUT2D eigenvalue weighted by molar-refractivity contribution is 7.86. The molecule has 0 heterocycles. The van der Waals surface area contributed by atoms with Crippen LogP contribution < -0.4 is 0 Å². The lowest BCUT2D eigenvalue weighted by molar-refractivity contribution is -0.196. The van der Waals surface area contributed by atoms with Gasteiger partial charge in [0.15, 0.2) is 0 Å². The molecule has 0 aliphatic heterocycles. The van der Waals surface area contributed by atoms with E-state index in [2.05, 4.69) is 9.22 Å². The van der Waals surface area contributed by atoms with Crippen LogP contribution in [0.1, 0.15) is 6.92 Å². The number of rotatable bonds is 5. The van der Waals surface area contributed by atoms with Crippen LogP contribution in [0.25, 0.3) is 0 Å². The third-order valence-corrected chi connectivity index (χ3v) is 1.60. The smallest absolute Gasteiger partial charge is 0.295 e. The quantitative estimate of drug-likeness (QED) is 0.435. The highest BCUT2D eigenvalue weighted by Gasteiger charge is 2.09. The molecule has 1 N–H and O–H groups in total. The van der Waals surface area contributed by atoms with Gasteiger partial charge < -0.3 is 5.11 Å². The molecule has 0 aromatic heterocycles. The zero-order valence-corrected chi connectivity index (χ0v) is 6.43. The Balaban J connectivity index is 3.65. The van der Waals surface area contributed by atoms with Gasteiger partial charge in [-0.15, -0.1) is 4.33 Å². The molecule has 0 aliphatic rings. The van der Waals surface area contributed by atoms with Crippen molar-refractivity contribution in [3.05, 3.63) is 0 Å². The van der Waals surface area contributed by atoms with Crippen LogP contribution in [0.4, 0.5) is 0 Å². The minimum absolute atomic E-state index is 0.157. The SMILES string of the molecule is CCOOS(=O)(=O)CCO. The van der Waals surface area contributed by atoms with E-state index < -0.39 is 22.5 Å². The summed E-state index contributed by atoms with van der Waals surface area (Å²) in [5.74, 6) is -0.438. The molecule has 62 valence electrons. The van der Waals surface area contributed by atoms with E-state index in [4.69, 9.17) is 5.11 Å². The molecule has 0 amide bonds. The van der Waals surface area contributed by atoms with E-state index in [0.717, 1.165) is 0 Å².